The largest absolute Gasteiger partial charge is 0.480 e. The van der Waals surface area contributed by atoms with E-state index in [0.717, 1.165) is 5.52 Å². The monoisotopic (exact) mass is 258 g/mol. The number of aromatic amines is 1. The van der Waals surface area contributed by atoms with Crippen molar-refractivity contribution in [1.29, 1.82) is 0 Å². The quantitative estimate of drug-likeness (QED) is 0.610. The van der Waals surface area contributed by atoms with Gasteiger partial charge in [-0.1, -0.05) is 12.1 Å². The van der Waals surface area contributed by atoms with Gasteiger partial charge in [0.05, 0.1) is 16.6 Å². The van der Waals surface area contributed by atoms with Crippen molar-refractivity contribution in [1.82, 2.24) is 14.4 Å². The molecule has 19 heavy (non-hydrogen) atoms. The van der Waals surface area contributed by atoms with Crippen molar-refractivity contribution in [3.63, 3.8) is 0 Å². The Hall–Kier alpha value is -2.67. The molecule has 0 aliphatic carbocycles. The van der Waals surface area contributed by atoms with E-state index in [9.17, 15) is 9.59 Å². The van der Waals surface area contributed by atoms with Gasteiger partial charge in [-0.05, 0) is 12.1 Å². The van der Waals surface area contributed by atoms with Crippen LogP contribution >= 0.6 is 0 Å². The van der Waals surface area contributed by atoms with Crippen LogP contribution in [-0.2, 0) is 4.79 Å². The number of carboxylic acids is 1. The molecule has 0 aliphatic rings. The van der Waals surface area contributed by atoms with E-state index in [1.807, 2.05) is 6.07 Å². The van der Waals surface area contributed by atoms with Crippen LogP contribution in [0, 0.1) is 0 Å². The summed E-state index contributed by atoms with van der Waals surface area (Å²) >= 11 is 0. The standard InChI is InChI=1S/C12H10N4O3/c13-9(11(18)19)6-5-14-12-15-7-3-1-2-4-8(7)16(12)10(6)17/h1-5,9H,13H2,(H,14,15)(H,18,19). The fourth-order valence-electron chi connectivity index (χ4n) is 2.02. The van der Waals surface area contributed by atoms with Crippen LogP contribution in [0.15, 0.2) is 35.3 Å². The maximum Gasteiger partial charge on any atom is 0.325 e. The first-order valence-corrected chi connectivity index (χ1v) is 5.56. The molecule has 0 amide bonds. The van der Waals surface area contributed by atoms with E-state index in [-0.39, 0.29) is 5.56 Å². The van der Waals surface area contributed by atoms with Crippen LogP contribution in [0.2, 0.25) is 0 Å². The number of aromatic nitrogens is 3. The van der Waals surface area contributed by atoms with Gasteiger partial charge in [-0.25, -0.2) is 9.38 Å². The SMILES string of the molecule is NC(C(=O)O)c1cnc2[nH]c3ccccc3n2c1=O. The molecule has 3 rings (SSSR count). The van der Waals surface area contributed by atoms with Crippen LogP contribution in [0.3, 0.4) is 0 Å². The number of carboxylic acid groups (broad SMARTS) is 1. The molecule has 2 aromatic heterocycles. The summed E-state index contributed by atoms with van der Waals surface area (Å²) in [4.78, 5) is 30.2. The van der Waals surface area contributed by atoms with Crippen molar-refractivity contribution in [2.24, 2.45) is 5.73 Å². The van der Waals surface area contributed by atoms with Crippen LogP contribution < -0.4 is 11.3 Å². The van der Waals surface area contributed by atoms with Crippen molar-refractivity contribution >= 4 is 22.8 Å². The number of hydrogen-bond donors (Lipinski definition) is 3. The Bertz CT molecular complexity index is 849. The van der Waals surface area contributed by atoms with Crippen LogP contribution in [-0.4, -0.2) is 25.4 Å². The van der Waals surface area contributed by atoms with Gasteiger partial charge in [0, 0.05) is 6.20 Å². The average Bonchev–Trinajstić information content (AvgIpc) is 2.77. The molecule has 0 spiro atoms. The summed E-state index contributed by atoms with van der Waals surface area (Å²) in [7, 11) is 0. The average molecular weight is 258 g/mol. The number of para-hydroxylation sites is 2. The number of imidazole rings is 1. The molecule has 0 radical (unpaired) electrons. The second-order valence-electron chi connectivity index (χ2n) is 4.14. The minimum absolute atomic E-state index is 0.0465. The second-order valence-corrected chi connectivity index (χ2v) is 4.14. The fraction of sp³-hybridized carbons (Fsp3) is 0.0833. The highest BCUT2D eigenvalue weighted by Crippen LogP contribution is 2.14. The Morgan fingerprint density at radius 3 is 2.89 bits per heavy atom. The summed E-state index contributed by atoms with van der Waals surface area (Å²) in [5.74, 6) is -0.911. The van der Waals surface area contributed by atoms with E-state index in [0.29, 0.717) is 11.3 Å². The smallest absolute Gasteiger partial charge is 0.325 e. The summed E-state index contributed by atoms with van der Waals surface area (Å²) in [6.07, 6.45) is 1.20. The summed E-state index contributed by atoms with van der Waals surface area (Å²) in [5.41, 5.74) is 6.34. The van der Waals surface area contributed by atoms with Gasteiger partial charge >= 0.3 is 5.97 Å². The zero-order chi connectivity index (χ0) is 13.6. The third-order valence-corrected chi connectivity index (χ3v) is 2.98. The normalized spacial score (nSPS) is 12.9. The number of nitrogens with zero attached hydrogens (tertiary/aromatic N) is 2. The summed E-state index contributed by atoms with van der Waals surface area (Å²) in [6.45, 7) is 0. The molecule has 96 valence electrons. The van der Waals surface area contributed by atoms with E-state index < -0.39 is 17.6 Å². The molecule has 0 bridgehead atoms. The molecule has 0 saturated heterocycles. The van der Waals surface area contributed by atoms with E-state index in [2.05, 4.69) is 9.97 Å². The highest BCUT2D eigenvalue weighted by atomic mass is 16.4. The number of H-pyrrole nitrogens is 1. The third kappa shape index (κ3) is 1.59. The molecule has 1 unspecified atom stereocenters. The molecule has 0 saturated carbocycles. The number of nitrogens with two attached hydrogens (primary N) is 1. The van der Waals surface area contributed by atoms with Crippen molar-refractivity contribution in [3.8, 4) is 0 Å². The highest BCUT2D eigenvalue weighted by Gasteiger charge is 2.20. The van der Waals surface area contributed by atoms with Crippen LogP contribution in [0.5, 0.6) is 0 Å². The number of hydrogen-bond acceptors (Lipinski definition) is 4. The Kier molecular flexibility index (Phi) is 2.36. The minimum atomic E-state index is -1.38. The van der Waals surface area contributed by atoms with Gasteiger partial charge < -0.3 is 15.8 Å². The van der Waals surface area contributed by atoms with Gasteiger partial charge in [0.2, 0.25) is 5.78 Å². The number of fused-ring (bicyclic) bond motifs is 3. The van der Waals surface area contributed by atoms with E-state index >= 15 is 0 Å². The van der Waals surface area contributed by atoms with Crippen LogP contribution in [0.4, 0.5) is 0 Å². The topological polar surface area (TPSA) is 113 Å². The molecular weight excluding hydrogens is 248 g/mol. The number of rotatable bonds is 2. The molecule has 2 heterocycles. The van der Waals surface area contributed by atoms with Gasteiger partial charge in [-0.15, -0.1) is 0 Å². The predicted octanol–water partition coefficient (Wildman–Crippen LogP) is 0.260. The first-order chi connectivity index (χ1) is 9.09. The van der Waals surface area contributed by atoms with Crippen LogP contribution in [0.25, 0.3) is 16.8 Å². The lowest BCUT2D eigenvalue weighted by Crippen LogP contribution is -2.30. The highest BCUT2D eigenvalue weighted by molar-refractivity contribution is 5.80. The lowest BCUT2D eigenvalue weighted by Gasteiger charge is -2.05. The van der Waals surface area contributed by atoms with E-state index in [1.165, 1.54) is 10.6 Å². The number of benzene rings is 1. The van der Waals surface area contributed by atoms with Crippen molar-refractivity contribution in [2.75, 3.05) is 0 Å². The number of aliphatic carboxylic acids is 1. The summed E-state index contributed by atoms with van der Waals surface area (Å²) < 4.78 is 1.33. The Morgan fingerprint density at radius 2 is 2.16 bits per heavy atom. The van der Waals surface area contributed by atoms with Gasteiger partial charge in [0.25, 0.3) is 5.56 Å². The van der Waals surface area contributed by atoms with E-state index in [4.69, 9.17) is 10.8 Å². The molecule has 7 heteroatoms. The van der Waals surface area contributed by atoms with Gasteiger partial charge in [0.1, 0.15) is 6.04 Å². The zero-order valence-electron chi connectivity index (χ0n) is 9.70. The van der Waals surface area contributed by atoms with Gasteiger partial charge in [-0.2, -0.15) is 0 Å². The molecule has 0 aliphatic heterocycles. The van der Waals surface area contributed by atoms with Crippen molar-refractivity contribution in [3.05, 3.63) is 46.4 Å². The molecule has 0 fully saturated rings. The predicted molar refractivity (Wildman–Crippen MR) is 67.9 cm³/mol. The first-order valence-electron chi connectivity index (χ1n) is 5.56. The lowest BCUT2D eigenvalue weighted by molar-refractivity contribution is -0.138. The third-order valence-electron chi connectivity index (χ3n) is 2.98. The van der Waals surface area contributed by atoms with Crippen molar-refractivity contribution < 1.29 is 9.90 Å². The first kappa shape index (κ1) is 11.4. The number of nitrogens with one attached hydrogen (secondary N) is 1. The molecule has 4 N–H and O–H groups in total. The lowest BCUT2D eigenvalue weighted by atomic mass is 10.1. The van der Waals surface area contributed by atoms with E-state index in [1.54, 1.807) is 18.2 Å². The Morgan fingerprint density at radius 1 is 1.42 bits per heavy atom. The maximum absolute atomic E-state index is 12.3. The molecule has 7 nitrogen and oxygen atoms in total. The van der Waals surface area contributed by atoms with Gasteiger partial charge in [-0.3, -0.25) is 9.59 Å². The van der Waals surface area contributed by atoms with Crippen LogP contribution in [0.1, 0.15) is 11.6 Å². The maximum atomic E-state index is 12.3. The molecular formula is C12H10N4O3. The minimum Gasteiger partial charge on any atom is -0.480 e. The fourth-order valence-corrected chi connectivity index (χ4v) is 2.02. The Balaban J connectivity index is 2.41. The Labute approximate surface area is 106 Å². The molecule has 1 aromatic carbocycles. The molecule has 3 aromatic rings. The number of carbonyl (C=O) groups is 1. The molecule has 1 atom stereocenters. The van der Waals surface area contributed by atoms with Gasteiger partial charge in [0.15, 0.2) is 0 Å². The second kappa shape index (κ2) is 3.92. The zero-order valence-corrected chi connectivity index (χ0v) is 9.70. The van der Waals surface area contributed by atoms with Crippen molar-refractivity contribution in [2.45, 2.75) is 6.04 Å². The summed E-state index contributed by atoms with van der Waals surface area (Å²) in [5, 5.41) is 8.89. The summed E-state index contributed by atoms with van der Waals surface area (Å²) in [6, 6.07) is 5.78.